The lowest BCUT2D eigenvalue weighted by Crippen LogP contribution is -2.00. The first kappa shape index (κ1) is 18.6. The van der Waals surface area contributed by atoms with Crippen LogP contribution in [0.4, 0.5) is 4.39 Å². The van der Waals surface area contributed by atoms with E-state index in [1.807, 2.05) is 31.5 Å². The standard InChI is InChI=1S/C25H19FN6/c1-14-7-17(11-27-10-14)15-5-6-21-19(9-15)24(32-31-21)25-29-22-13-28-12-20(23(22)30-25)16-3-2-4-18(26)8-16/h2-7,9-13,16H,8H2,1H3,(H,29,30)(H,31,32). The van der Waals surface area contributed by atoms with Crippen molar-refractivity contribution in [3.8, 4) is 22.6 Å². The number of imidazole rings is 1. The molecule has 0 bridgehead atoms. The molecule has 0 saturated carbocycles. The van der Waals surface area contributed by atoms with Gasteiger partial charge in [-0.25, -0.2) is 9.37 Å². The summed E-state index contributed by atoms with van der Waals surface area (Å²) in [5.74, 6) is 0.418. The van der Waals surface area contributed by atoms with Crippen LogP contribution in [0.15, 0.2) is 73.1 Å². The Labute approximate surface area is 183 Å². The molecule has 1 unspecified atom stereocenters. The van der Waals surface area contributed by atoms with Crippen molar-refractivity contribution in [3.63, 3.8) is 0 Å². The van der Waals surface area contributed by atoms with Gasteiger partial charge in [0.2, 0.25) is 0 Å². The van der Waals surface area contributed by atoms with Crippen LogP contribution < -0.4 is 0 Å². The van der Waals surface area contributed by atoms with Crippen molar-refractivity contribution in [2.45, 2.75) is 19.3 Å². The van der Waals surface area contributed by atoms with E-state index in [-0.39, 0.29) is 11.7 Å². The van der Waals surface area contributed by atoms with E-state index in [1.165, 1.54) is 6.08 Å². The minimum Gasteiger partial charge on any atom is -0.335 e. The summed E-state index contributed by atoms with van der Waals surface area (Å²) >= 11 is 0. The quantitative estimate of drug-likeness (QED) is 0.387. The van der Waals surface area contributed by atoms with Crippen LogP contribution in [0, 0.1) is 6.92 Å². The minimum absolute atomic E-state index is 0.0938. The summed E-state index contributed by atoms with van der Waals surface area (Å²) in [5.41, 5.74) is 7.36. The number of aryl methyl sites for hydroxylation is 1. The van der Waals surface area contributed by atoms with E-state index in [4.69, 9.17) is 4.98 Å². The number of benzene rings is 1. The summed E-state index contributed by atoms with van der Waals surface area (Å²) in [4.78, 5) is 16.9. The number of pyridine rings is 2. The van der Waals surface area contributed by atoms with Gasteiger partial charge in [0.05, 0.1) is 22.7 Å². The first-order chi connectivity index (χ1) is 15.7. The maximum atomic E-state index is 13.9. The SMILES string of the molecule is Cc1cncc(-c2ccc3[nH]nc(-c4nc5c(C6C=CC=C(F)C6)cncc5[nH]4)c3c2)c1. The van der Waals surface area contributed by atoms with E-state index >= 15 is 0 Å². The highest BCUT2D eigenvalue weighted by Crippen LogP contribution is 2.35. The van der Waals surface area contributed by atoms with Gasteiger partial charge in [-0.3, -0.25) is 15.1 Å². The normalized spacial score (nSPS) is 16.1. The Balaban J connectivity index is 1.47. The summed E-state index contributed by atoms with van der Waals surface area (Å²) in [6, 6.07) is 8.28. The number of halogens is 1. The lowest BCUT2D eigenvalue weighted by molar-refractivity contribution is 0.565. The average Bonchev–Trinajstić information content (AvgIpc) is 3.42. The Morgan fingerprint density at radius 2 is 1.91 bits per heavy atom. The molecular formula is C25H19FN6. The Bertz CT molecular complexity index is 1540. The first-order valence-corrected chi connectivity index (χ1v) is 10.4. The summed E-state index contributed by atoms with van der Waals surface area (Å²) in [5, 5.41) is 8.59. The number of fused-ring (bicyclic) bond motifs is 2. The molecule has 0 amide bonds. The van der Waals surface area contributed by atoms with Gasteiger partial charge in [0, 0.05) is 47.4 Å². The predicted molar refractivity (Wildman–Crippen MR) is 123 cm³/mol. The molecule has 5 aromatic rings. The summed E-state index contributed by atoms with van der Waals surface area (Å²) in [6.45, 7) is 2.03. The fourth-order valence-corrected chi connectivity index (χ4v) is 4.28. The number of allylic oxidation sites excluding steroid dienone is 4. The fraction of sp³-hybridized carbons (Fsp3) is 0.120. The van der Waals surface area contributed by atoms with Crippen LogP contribution in [0.3, 0.4) is 0 Å². The third kappa shape index (κ3) is 3.10. The average molecular weight is 422 g/mol. The lowest BCUT2D eigenvalue weighted by Gasteiger charge is -2.14. The molecule has 0 aliphatic heterocycles. The van der Waals surface area contributed by atoms with Crippen molar-refractivity contribution in [1.29, 1.82) is 0 Å². The second-order valence-electron chi connectivity index (χ2n) is 8.10. The highest BCUT2D eigenvalue weighted by atomic mass is 19.1. The first-order valence-electron chi connectivity index (χ1n) is 10.4. The van der Waals surface area contributed by atoms with Crippen LogP contribution in [0.25, 0.3) is 44.6 Å². The molecule has 1 aliphatic carbocycles. The third-order valence-electron chi connectivity index (χ3n) is 5.85. The number of hydrogen-bond acceptors (Lipinski definition) is 4. The van der Waals surface area contributed by atoms with E-state index < -0.39 is 0 Å². The van der Waals surface area contributed by atoms with Gasteiger partial charge >= 0.3 is 0 Å². The van der Waals surface area contributed by atoms with E-state index in [2.05, 4.69) is 43.3 Å². The fourth-order valence-electron chi connectivity index (χ4n) is 4.28. The zero-order chi connectivity index (χ0) is 21.7. The number of nitrogens with one attached hydrogen (secondary N) is 2. The van der Waals surface area contributed by atoms with Crippen LogP contribution >= 0.6 is 0 Å². The lowest BCUT2D eigenvalue weighted by atomic mass is 9.92. The largest absolute Gasteiger partial charge is 0.335 e. The molecule has 4 heterocycles. The maximum absolute atomic E-state index is 13.9. The molecule has 6 rings (SSSR count). The number of aromatic nitrogens is 6. The maximum Gasteiger partial charge on any atom is 0.159 e. The molecule has 0 fully saturated rings. The highest BCUT2D eigenvalue weighted by Gasteiger charge is 2.20. The molecule has 4 aromatic heterocycles. The zero-order valence-corrected chi connectivity index (χ0v) is 17.3. The Kier molecular flexibility index (Phi) is 4.21. The van der Waals surface area contributed by atoms with Crippen molar-refractivity contribution < 1.29 is 4.39 Å². The Morgan fingerprint density at radius 1 is 1.00 bits per heavy atom. The molecule has 0 spiro atoms. The van der Waals surface area contributed by atoms with Crippen molar-refractivity contribution in [1.82, 2.24) is 30.1 Å². The number of aromatic amines is 2. The van der Waals surface area contributed by atoms with Crippen LogP contribution in [0.2, 0.25) is 0 Å². The molecule has 0 saturated heterocycles. The van der Waals surface area contributed by atoms with E-state index in [1.54, 1.807) is 18.5 Å². The summed E-state index contributed by atoms with van der Waals surface area (Å²) < 4.78 is 13.9. The number of hydrogen-bond donors (Lipinski definition) is 2. The second kappa shape index (κ2) is 7.23. The number of nitrogens with zero attached hydrogens (tertiary/aromatic N) is 4. The Morgan fingerprint density at radius 3 is 2.78 bits per heavy atom. The van der Waals surface area contributed by atoms with Crippen molar-refractivity contribution in [2.75, 3.05) is 0 Å². The van der Waals surface area contributed by atoms with Gasteiger partial charge in [0.25, 0.3) is 0 Å². The number of H-pyrrole nitrogens is 2. The van der Waals surface area contributed by atoms with Gasteiger partial charge in [0.1, 0.15) is 11.5 Å². The molecule has 32 heavy (non-hydrogen) atoms. The van der Waals surface area contributed by atoms with Crippen LogP contribution in [-0.2, 0) is 0 Å². The molecule has 0 radical (unpaired) electrons. The van der Waals surface area contributed by atoms with Gasteiger partial charge in [-0.1, -0.05) is 18.2 Å². The van der Waals surface area contributed by atoms with Gasteiger partial charge in [-0.2, -0.15) is 5.10 Å². The van der Waals surface area contributed by atoms with Gasteiger partial charge in [0.15, 0.2) is 5.82 Å². The van der Waals surface area contributed by atoms with E-state index in [9.17, 15) is 4.39 Å². The highest BCUT2D eigenvalue weighted by molar-refractivity contribution is 5.96. The monoisotopic (exact) mass is 422 g/mol. The predicted octanol–water partition coefficient (Wildman–Crippen LogP) is 5.77. The molecule has 156 valence electrons. The zero-order valence-electron chi connectivity index (χ0n) is 17.3. The minimum atomic E-state index is -0.137. The third-order valence-corrected chi connectivity index (χ3v) is 5.85. The van der Waals surface area contributed by atoms with Gasteiger partial charge in [-0.05, 0) is 42.3 Å². The number of rotatable bonds is 3. The van der Waals surface area contributed by atoms with Crippen LogP contribution in [0.5, 0.6) is 0 Å². The van der Waals surface area contributed by atoms with Gasteiger partial charge in [-0.15, -0.1) is 0 Å². The molecule has 7 heteroatoms. The second-order valence-corrected chi connectivity index (χ2v) is 8.10. The van der Waals surface area contributed by atoms with Gasteiger partial charge < -0.3 is 4.98 Å². The Hall–Kier alpha value is -4.13. The van der Waals surface area contributed by atoms with Crippen molar-refractivity contribution in [3.05, 3.63) is 84.2 Å². The van der Waals surface area contributed by atoms with Crippen molar-refractivity contribution in [2.24, 2.45) is 0 Å². The molecule has 2 N–H and O–H groups in total. The van der Waals surface area contributed by atoms with Crippen molar-refractivity contribution >= 4 is 21.9 Å². The molecular weight excluding hydrogens is 403 g/mol. The molecule has 1 atom stereocenters. The molecule has 1 aliphatic rings. The van der Waals surface area contributed by atoms with E-state index in [0.717, 1.165) is 49.9 Å². The summed E-state index contributed by atoms with van der Waals surface area (Å²) in [6.07, 6.45) is 12.8. The van der Waals surface area contributed by atoms with E-state index in [0.29, 0.717) is 12.2 Å². The smallest absolute Gasteiger partial charge is 0.159 e. The topological polar surface area (TPSA) is 83.1 Å². The van der Waals surface area contributed by atoms with Crippen LogP contribution in [0.1, 0.15) is 23.5 Å². The molecule has 6 nitrogen and oxygen atoms in total. The molecule has 1 aromatic carbocycles. The van der Waals surface area contributed by atoms with Crippen LogP contribution in [-0.4, -0.2) is 30.1 Å². The summed E-state index contributed by atoms with van der Waals surface area (Å²) in [7, 11) is 0.